The van der Waals surface area contributed by atoms with Crippen LogP contribution in [0.4, 0.5) is 11.5 Å². The molecule has 1 aromatic heterocycles. The zero-order valence-electron chi connectivity index (χ0n) is 10.6. The third-order valence-corrected chi connectivity index (χ3v) is 2.78. The maximum Gasteiger partial charge on any atom is 0.224 e. The molecule has 0 fully saturated rings. The first-order valence-corrected chi connectivity index (χ1v) is 6.21. The number of anilines is 2. The van der Waals surface area contributed by atoms with Crippen LogP contribution in [0.5, 0.6) is 0 Å². The second-order valence-corrected chi connectivity index (χ2v) is 4.31. The molecule has 0 aliphatic rings. The molecule has 0 saturated heterocycles. The Morgan fingerprint density at radius 3 is 2.71 bits per heavy atom. The van der Waals surface area contributed by atoms with Crippen molar-refractivity contribution in [2.45, 2.75) is 26.8 Å². The van der Waals surface area contributed by atoms with E-state index in [0.717, 1.165) is 19.6 Å². The van der Waals surface area contributed by atoms with Crippen molar-refractivity contribution in [2.75, 3.05) is 30.7 Å². The summed E-state index contributed by atoms with van der Waals surface area (Å²) in [5, 5.41) is 3.45. The number of rotatable bonds is 6. The average Bonchev–Trinajstić information content (AvgIpc) is 2.31. The molecular weight excluding hydrogens is 238 g/mol. The summed E-state index contributed by atoms with van der Waals surface area (Å²) in [7, 11) is 0. The van der Waals surface area contributed by atoms with Crippen molar-refractivity contribution >= 4 is 23.1 Å². The minimum absolute atomic E-state index is 0.205. The number of likely N-dealkylation sites (N-methyl/N-ethyl adjacent to an activating group) is 1. The van der Waals surface area contributed by atoms with Crippen molar-refractivity contribution in [1.82, 2.24) is 14.9 Å². The van der Waals surface area contributed by atoms with Crippen LogP contribution >= 0.6 is 11.6 Å². The van der Waals surface area contributed by atoms with Crippen molar-refractivity contribution in [3.8, 4) is 0 Å². The molecule has 0 amide bonds. The average molecular weight is 258 g/mol. The van der Waals surface area contributed by atoms with Gasteiger partial charge in [-0.2, -0.15) is 4.98 Å². The molecule has 1 rings (SSSR count). The Kier molecular flexibility index (Phi) is 5.44. The van der Waals surface area contributed by atoms with Crippen LogP contribution in [0.15, 0.2) is 6.20 Å². The van der Waals surface area contributed by atoms with Crippen molar-refractivity contribution in [3.63, 3.8) is 0 Å². The molecule has 5 nitrogen and oxygen atoms in total. The monoisotopic (exact) mass is 257 g/mol. The molecule has 0 saturated carbocycles. The molecule has 0 aliphatic carbocycles. The highest BCUT2D eigenvalue weighted by atomic mass is 35.5. The second-order valence-electron chi connectivity index (χ2n) is 3.97. The zero-order valence-corrected chi connectivity index (χ0v) is 11.3. The summed E-state index contributed by atoms with van der Waals surface area (Å²) in [5.41, 5.74) is 6.29. The van der Waals surface area contributed by atoms with Gasteiger partial charge in [0.2, 0.25) is 5.28 Å². The van der Waals surface area contributed by atoms with E-state index in [-0.39, 0.29) is 11.3 Å². The fraction of sp³-hybridized carbons (Fsp3) is 0.636. The minimum atomic E-state index is 0.205. The quantitative estimate of drug-likeness (QED) is 0.762. The SMILES string of the molecule is CCN(CC)CC(C)Nc1nc(Cl)ncc1N. The van der Waals surface area contributed by atoms with Gasteiger partial charge >= 0.3 is 0 Å². The van der Waals surface area contributed by atoms with E-state index in [1.165, 1.54) is 6.20 Å². The fourth-order valence-electron chi connectivity index (χ4n) is 1.63. The molecule has 1 unspecified atom stereocenters. The van der Waals surface area contributed by atoms with Crippen LogP contribution < -0.4 is 11.1 Å². The first kappa shape index (κ1) is 14.0. The lowest BCUT2D eigenvalue weighted by Crippen LogP contribution is -2.35. The van der Waals surface area contributed by atoms with E-state index in [0.29, 0.717) is 11.5 Å². The van der Waals surface area contributed by atoms with E-state index in [2.05, 4.69) is 41.0 Å². The van der Waals surface area contributed by atoms with E-state index in [4.69, 9.17) is 17.3 Å². The highest BCUT2D eigenvalue weighted by Gasteiger charge is 2.10. The Bertz CT molecular complexity index is 354. The Balaban J connectivity index is 2.61. The van der Waals surface area contributed by atoms with E-state index >= 15 is 0 Å². The molecule has 6 heteroatoms. The van der Waals surface area contributed by atoms with Crippen molar-refractivity contribution in [2.24, 2.45) is 0 Å². The molecule has 0 radical (unpaired) electrons. The zero-order chi connectivity index (χ0) is 12.8. The smallest absolute Gasteiger partial charge is 0.224 e. The molecule has 1 aromatic rings. The van der Waals surface area contributed by atoms with E-state index in [9.17, 15) is 0 Å². The highest BCUT2D eigenvalue weighted by molar-refractivity contribution is 6.28. The number of nitrogen functional groups attached to an aromatic ring is 1. The van der Waals surface area contributed by atoms with Gasteiger partial charge in [0, 0.05) is 12.6 Å². The summed E-state index contributed by atoms with van der Waals surface area (Å²) in [6.45, 7) is 9.38. The summed E-state index contributed by atoms with van der Waals surface area (Å²) in [6, 6.07) is 0.253. The summed E-state index contributed by atoms with van der Waals surface area (Å²) in [5.74, 6) is 0.602. The topological polar surface area (TPSA) is 67.1 Å². The van der Waals surface area contributed by atoms with Crippen LogP contribution in [0, 0.1) is 0 Å². The molecule has 17 heavy (non-hydrogen) atoms. The largest absolute Gasteiger partial charge is 0.394 e. The second kappa shape index (κ2) is 6.61. The Morgan fingerprint density at radius 2 is 2.12 bits per heavy atom. The van der Waals surface area contributed by atoms with Crippen molar-refractivity contribution in [3.05, 3.63) is 11.5 Å². The number of nitrogens with two attached hydrogens (primary N) is 1. The molecule has 1 heterocycles. The Labute approximate surface area is 107 Å². The molecule has 96 valence electrons. The van der Waals surface area contributed by atoms with E-state index < -0.39 is 0 Å². The van der Waals surface area contributed by atoms with Crippen LogP contribution in [0.1, 0.15) is 20.8 Å². The molecular formula is C11H20ClN5. The van der Waals surface area contributed by atoms with Crippen molar-refractivity contribution in [1.29, 1.82) is 0 Å². The normalized spacial score (nSPS) is 12.8. The third-order valence-electron chi connectivity index (χ3n) is 2.60. The minimum Gasteiger partial charge on any atom is -0.394 e. The maximum absolute atomic E-state index is 5.77. The number of nitrogens with one attached hydrogen (secondary N) is 1. The molecule has 3 N–H and O–H groups in total. The lowest BCUT2D eigenvalue weighted by molar-refractivity contribution is 0.294. The highest BCUT2D eigenvalue weighted by Crippen LogP contribution is 2.16. The predicted octanol–water partition coefficient (Wildman–Crippen LogP) is 1.85. The molecule has 0 aliphatic heterocycles. The fourth-order valence-corrected chi connectivity index (χ4v) is 1.77. The van der Waals surface area contributed by atoms with Crippen LogP contribution in [0.2, 0.25) is 5.28 Å². The Morgan fingerprint density at radius 1 is 1.47 bits per heavy atom. The van der Waals surface area contributed by atoms with Gasteiger partial charge in [-0.1, -0.05) is 13.8 Å². The van der Waals surface area contributed by atoms with Gasteiger partial charge in [0.05, 0.1) is 11.9 Å². The van der Waals surface area contributed by atoms with Gasteiger partial charge in [0.25, 0.3) is 0 Å². The van der Waals surface area contributed by atoms with Gasteiger partial charge in [0.15, 0.2) is 5.82 Å². The lowest BCUT2D eigenvalue weighted by atomic mass is 10.3. The van der Waals surface area contributed by atoms with Crippen LogP contribution in [0.25, 0.3) is 0 Å². The van der Waals surface area contributed by atoms with Crippen LogP contribution in [-0.2, 0) is 0 Å². The van der Waals surface area contributed by atoms with Gasteiger partial charge in [-0.25, -0.2) is 4.98 Å². The van der Waals surface area contributed by atoms with Gasteiger partial charge < -0.3 is 16.0 Å². The molecule has 0 bridgehead atoms. The van der Waals surface area contributed by atoms with Gasteiger partial charge in [-0.3, -0.25) is 0 Å². The standard InChI is InChI=1S/C11H20ClN5/c1-4-17(5-2)7-8(3)15-10-9(13)6-14-11(12)16-10/h6,8H,4-5,7,13H2,1-3H3,(H,14,15,16). The van der Waals surface area contributed by atoms with Gasteiger partial charge in [0.1, 0.15) is 0 Å². The van der Waals surface area contributed by atoms with Crippen LogP contribution in [0.3, 0.4) is 0 Å². The van der Waals surface area contributed by atoms with E-state index in [1.807, 2.05) is 0 Å². The number of nitrogens with zero attached hydrogens (tertiary/aromatic N) is 3. The summed E-state index contributed by atoms with van der Waals surface area (Å²) >= 11 is 5.73. The predicted molar refractivity (Wildman–Crippen MR) is 72.3 cm³/mol. The van der Waals surface area contributed by atoms with Gasteiger partial charge in [-0.05, 0) is 31.6 Å². The van der Waals surface area contributed by atoms with Gasteiger partial charge in [-0.15, -0.1) is 0 Å². The maximum atomic E-state index is 5.77. The molecule has 0 aromatic carbocycles. The van der Waals surface area contributed by atoms with Crippen LogP contribution in [-0.4, -0.2) is 40.5 Å². The number of hydrogen-bond acceptors (Lipinski definition) is 5. The first-order chi connectivity index (χ1) is 8.06. The molecule has 1 atom stereocenters. The lowest BCUT2D eigenvalue weighted by Gasteiger charge is -2.24. The number of aromatic nitrogens is 2. The van der Waals surface area contributed by atoms with E-state index in [1.54, 1.807) is 0 Å². The Hall–Kier alpha value is -1.07. The molecule has 0 spiro atoms. The summed E-state index contributed by atoms with van der Waals surface area (Å²) < 4.78 is 0. The third kappa shape index (κ3) is 4.36. The summed E-state index contributed by atoms with van der Waals surface area (Å²) in [6.07, 6.45) is 1.52. The number of halogens is 1. The van der Waals surface area contributed by atoms with Crippen molar-refractivity contribution < 1.29 is 0 Å². The summed E-state index contributed by atoms with van der Waals surface area (Å²) in [4.78, 5) is 10.2. The number of hydrogen-bond donors (Lipinski definition) is 2. The first-order valence-electron chi connectivity index (χ1n) is 5.83.